The van der Waals surface area contributed by atoms with Gasteiger partial charge in [0.15, 0.2) is 0 Å². The summed E-state index contributed by atoms with van der Waals surface area (Å²) in [5, 5.41) is 2.46. The number of benzene rings is 1. The number of hydrogen-bond acceptors (Lipinski definition) is 4. The van der Waals surface area contributed by atoms with Crippen molar-refractivity contribution >= 4 is 44.8 Å². The molecule has 0 aliphatic carbocycles. The van der Waals surface area contributed by atoms with Gasteiger partial charge in [0.05, 0.1) is 16.3 Å². The minimum Gasteiger partial charge on any atom is -0.355 e. The zero-order valence-electron chi connectivity index (χ0n) is 11.3. The zero-order valence-corrected chi connectivity index (χ0v) is 13.6. The fourth-order valence-corrected chi connectivity index (χ4v) is 3.04. The van der Waals surface area contributed by atoms with E-state index in [1.165, 1.54) is 25.2 Å². The molecule has 0 radical (unpaired) electrons. The van der Waals surface area contributed by atoms with Crippen LogP contribution in [0.2, 0.25) is 10.2 Å². The van der Waals surface area contributed by atoms with Gasteiger partial charge in [0, 0.05) is 13.2 Å². The number of rotatable bonds is 4. The summed E-state index contributed by atoms with van der Waals surface area (Å²) in [6, 6.07) is 7.40. The van der Waals surface area contributed by atoms with E-state index in [9.17, 15) is 13.2 Å². The Labute approximate surface area is 137 Å². The Bertz CT molecular complexity index is 825. The van der Waals surface area contributed by atoms with Crippen LogP contribution < -0.4 is 10.0 Å². The number of carbonyl (C=O) groups excluding carboxylic acids is 1. The van der Waals surface area contributed by atoms with Crippen LogP contribution in [-0.4, -0.2) is 26.4 Å². The molecule has 0 aliphatic heterocycles. The molecule has 0 saturated carbocycles. The van der Waals surface area contributed by atoms with Gasteiger partial charge in [-0.05, 0) is 18.2 Å². The molecule has 2 aromatic rings. The van der Waals surface area contributed by atoms with Crippen LogP contribution in [0, 0.1) is 0 Å². The quantitative estimate of drug-likeness (QED) is 0.821. The first-order chi connectivity index (χ1) is 10.3. The lowest BCUT2D eigenvalue weighted by Crippen LogP contribution is -2.21. The topological polar surface area (TPSA) is 88.2 Å². The molecule has 0 saturated heterocycles. The second kappa shape index (κ2) is 6.51. The molecule has 0 bridgehead atoms. The molecule has 1 aromatic heterocycles. The molecule has 6 nitrogen and oxygen atoms in total. The number of aromatic nitrogens is 1. The molecule has 116 valence electrons. The third-order valence-electron chi connectivity index (χ3n) is 2.72. The molecule has 0 aliphatic rings. The maximum atomic E-state index is 12.3. The second-order valence-electron chi connectivity index (χ2n) is 4.17. The van der Waals surface area contributed by atoms with Gasteiger partial charge >= 0.3 is 0 Å². The van der Waals surface area contributed by atoms with E-state index in [2.05, 4.69) is 15.0 Å². The number of nitrogens with one attached hydrogen (secondary N) is 2. The maximum Gasteiger partial charge on any atom is 0.263 e. The zero-order chi connectivity index (χ0) is 16.3. The summed E-state index contributed by atoms with van der Waals surface area (Å²) in [6.45, 7) is 0. The van der Waals surface area contributed by atoms with Crippen molar-refractivity contribution < 1.29 is 13.2 Å². The first kappa shape index (κ1) is 16.5. The number of hydrogen-bond donors (Lipinski definition) is 2. The average Bonchev–Trinajstić information content (AvgIpc) is 2.49. The first-order valence-corrected chi connectivity index (χ1v) is 8.24. The molecule has 2 N–H and O–H groups in total. The van der Waals surface area contributed by atoms with Gasteiger partial charge in [-0.15, -0.1) is 0 Å². The molecular formula is C13H11Cl2N3O3S. The fourth-order valence-electron chi connectivity index (χ4n) is 1.66. The van der Waals surface area contributed by atoms with E-state index < -0.39 is 15.9 Å². The number of para-hydroxylation sites is 1. The van der Waals surface area contributed by atoms with E-state index in [0.29, 0.717) is 0 Å². The van der Waals surface area contributed by atoms with Crippen molar-refractivity contribution in [3.05, 3.63) is 52.3 Å². The highest BCUT2D eigenvalue weighted by Crippen LogP contribution is 2.24. The number of carbonyl (C=O) groups is 1. The molecule has 0 fully saturated rings. The Kier molecular flexibility index (Phi) is 4.90. The highest BCUT2D eigenvalue weighted by Gasteiger charge is 2.19. The van der Waals surface area contributed by atoms with Gasteiger partial charge in [-0.2, -0.15) is 0 Å². The van der Waals surface area contributed by atoms with Crippen LogP contribution in [0.3, 0.4) is 0 Å². The summed E-state index contributed by atoms with van der Waals surface area (Å²) >= 11 is 11.4. The molecular weight excluding hydrogens is 349 g/mol. The van der Waals surface area contributed by atoms with Crippen LogP contribution >= 0.6 is 23.2 Å². The molecule has 0 atom stereocenters. The Morgan fingerprint density at radius 2 is 1.91 bits per heavy atom. The largest absolute Gasteiger partial charge is 0.355 e. The summed E-state index contributed by atoms with van der Waals surface area (Å²) in [5.41, 5.74) is 0.342. The number of sulfonamides is 1. The van der Waals surface area contributed by atoms with Crippen molar-refractivity contribution in [2.45, 2.75) is 4.90 Å². The highest BCUT2D eigenvalue weighted by atomic mass is 35.5. The van der Waals surface area contributed by atoms with Gasteiger partial charge in [-0.1, -0.05) is 35.3 Å². The number of pyridine rings is 1. The molecule has 0 unspecified atom stereocenters. The predicted octanol–water partition coefficient (Wildman–Crippen LogP) is 2.55. The van der Waals surface area contributed by atoms with E-state index in [4.69, 9.17) is 23.2 Å². The normalized spacial score (nSPS) is 11.0. The minimum atomic E-state index is -3.95. The highest BCUT2D eigenvalue weighted by molar-refractivity contribution is 7.92. The van der Waals surface area contributed by atoms with Gasteiger partial charge in [-0.25, -0.2) is 13.4 Å². The van der Waals surface area contributed by atoms with E-state index in [-0.39, 0.29) is 26.3 Å². The van der Waals surface area contributed by atoms with E-state index in [1.807, 2.05) is 0 Å². The van der Waals surface area contributed by atoms with Crippen molar-refractivity contribution in [3.63, 3.8) is 0 Å². The number of halogens is 2. The molecule has 2 rings (SSSR count). The van der Waals surface area contributed by atoms with E-state index in [1.54, 1.807) is 12.1 Å². The van der Waals surface area contributed by atoms with Gasteiger partial charge in [0.1, 0.15) is 10.0 Å². The number of nitrogens with zero attached hydrogens (tertiary/aromatic N) is 1. The van der Waals surface area contributed by atoms with Crippen LogP contribution in [0.4, 0.5) is 5.69 Å². The van der Waals surface area contributed by atoms with Crippen LogP contribution in [0.25, 0.3) is 0 Å². The van der Waals surface area contributed by atoms with Gasteiger partial charge in [0.25, 0.3) is 15.9 Å². The molecule has 1 heterocycles. The Balaban J connectivity index is 2.41. The van der Waals surface area contributed by atoms with Crippen LogP contribution in [-0.2, 0) is 10.0 Å². The molecule has 0 spiro atoms. The summed E-state index contributed by atoms with van der Waals surface area (Å²) < 4.78 is 27.0. The maximum absolute atomic E-state index is 12.3. The van der Waals surface area contributed by atoms with Crippen molar-refractivity contribution in [1.29, 1.82) is 0 Å². The lowest BCUT2D eigenvalue weighted by molar-refractivity contribution is 0.0964. The number of anilines is 1. The third kappa shape index (κ3) is 3.49. The van der Waals surface area contributed by atoms with Gasteiger partial charge in [0.2, 0.25) is 0 Å². The lowest BCUT2D eigenvalue weighted by atomic mass is 10.2. The monoisotopic (exact) mass is 359 g/mol. The standard InChI is InChI=1S/C13H11Cl2N3O3S/c1-16-13(19)9-4-2-3-5-11(9)18-22(20,21)8-6-10(14)12(15)17-7-8/h2-7,18H,1H3,(H,16,19). The predicted molar refractivity (Wildman–Crippen MR) is 84.9 cm³/mol. The first-order valence-electron chi connectivity index (χ1n) is 6.00. The average molecular weight is 360 g/mol. The van der Waals surface area contributed by atoms with Gasteiger partial charge < -0.3 is 5.32 Å². The van der Waals surface area contributed by atoms with Crippen LogP contribution in [0.5, 0.6) is 0 Å². The third-order valence-corrected chi connectivity index (χ3v) is 4.74. The van der Waals surface area contributed by atoms with Crippen LogP contribution in [0.15, 0.2) is 41.4 Å². The van der Waals surface area contributed by atoms with E-state index >= 15 is 0 Å². The minimum absolute atomic E-state index is 0.00591. The molecule has 1 amide bonds. The smallest absolute Gasteiger partial charge is 0.263 e. The van der Waals surface area contributed by atoms with Crippen molar-refractivity contribution in [2.75, 3.05) is 11.8 Å². The summed E-state index contributed by atoms with van der Waals surface area (Å²) in [6.07, 6.45) is 1.08. The number of amides is 1. The summed E-state index contributed by atoms with van der Waals surface area (Å²) in [7, 11) is -2.50. The Morgan fingerprint density at radius 3 is 2.55 bits per heavy atom. The molecule has 1 aromatic carbocycles. The SMILES string of the molecule is CNC(=O)c1ccccc1NS(=O)(=O)c1cnc(Cl)c(Cl)c1. The Hall–Kier alpha value is -1.83. The van der Waals surface area contributed by atoms with Crippen molar-refractivity contribution in [3.8, 4) is 0 Å². The van der Waals surface area contributed by atoms with Crippen LogP contribution in [0.1, 0.15) is 10.4 Å². The molecule has 9 heteroatoms. The summed E-state index contributed by atoms with van der Waals surface area (Å²) in [5.74, 6) is -0.412. The lowest BCUT2D eigenvalue weighted by Gasteiger charge is -2.12. The van der Waals surface area contributed by atoms with Crippen molar-refractivity contribution in [1.82, 2.24) is 10.3 Å². The summed E-state index contributed by atoms with van der Waals surface area (Å²) in [4.78, 5) is 15.3. The van der Waals surface area contributed by atoms with E-state index in [0.717, 1.165) is 6.20 Å². The fraction of sp³-hybridized carbons (Fsp3) is 0.0769. The Morgan fingerprint density at radius 1 is 1.23 bits per heavy atom. The van der Waals surface area contributed by atoms with Gasteiger partial charge in [-0.3, -0.25) is 9.52 Å². The molecule has 22 heavy (non-hydrogen) atoms. The second-order valence-corrected chi connectivity index (χ2v) is 6.62. The van der Waals surface area contributed by atoms with Crippen molar-refractivity contribution in [2.24, 2.45) is 0 Å².